The first-order chi connectivity index (χ1) is 8.29. The molecule has 1 fully saturated rings. The first-order valence-electron chi connectivity index (χ1n) is 6.19. The summed E-state index contributed by atoms with van der Waals surface area (Å²) in [7, 11) is 1.65. The number of hydrogen-bond donors (Lipinski definition) is 1. The molecule has 0 spiro atoms. The lowest BCUT2D eigenvalue weighted by Crippen LogP contribution is -2.18. The summed E-state index contributed by atoms with van der Waals surface area (Å²) in [5, 5.41) is 10.2. The van der Waals surface area contributed by atoms with Crippen LogP contribution < -0.4 is 4.74 Å². The van der Waals surface area contributed by atoms with Crippen LogP contribution in [-0.2, 0) is 4.74 Å². The van der Waals surface area contributed by atoms with Gasteiger partial charge in [-0.05, 0) is 42.9 Å². The van der Waals surface area contributed by atoms with Crippen molar-refractivity contribution < 1.29 is 14.6 Å². The van der Waals surface area contributed by atoms with E-state index < -0.39 is 0 Å². The van der Waals surface area contributed by atoms with Gasteiger partial charge < -0.3 is 14.6 Å². The molecule has 0 saturated carbocycles. The molecule has 1 unspecified atom stereocenters. The molecule has 1 heterocycles. The number of rotatable bonds is 4. The van der Waals surface area contributed by atoms with E-state index in [2.05, 4.69) is 0 Å². The molecule has 3 nitrogen and oxygen atoms in total. The van der Waals surface area contributed by atoms with Gasteiger partial charge in [0.1, 0.15) is 5.75 Å². The Morgan fingerprint density at radius 2 is 1.94 bits per heavy atom. The predicted octanol–water partition coefficient (Wildman–Crippen LogP) is 2.55. The summed E-state index contributed by atoms with van der Waals surface area (Å²) in [6, 6.07) is 7.65. The minimum Gasteiger partial charge on any atom is -0.497 e. The molecular formula is C14H20O3. The second-order valence-corrected chi connectivity index (χ2v) is 4.58. The standard InChI is InChI=1S/C14H20O3/c1-16-13-4-2-12(3-5-13)14(15)10-11-6-8-17-9-7-11/h2-5,11,14-15H,6-10H2,1H3. The Hall–Kier alpha value is -1.06. The van der Waals surface area contributed by atoms with Crippen molar-refractivity contribution in [1.29, 1.82) is 0 Å². The van der Waals surface area contributed by atoms with E-state index in [1.54, 1.807) is 7.11 Å². The lowest BCUT2D eigenvalue weighted by Gasteiger charge is -2.24. The van der Waals surface area contributed by atoms with Gasteiger partial charge in [0, 0.05) is 13.2 Å². The third kappa shape index (κ3) is 3.45. The van der Waals surface area contributed by atoms with Gasteiger partial charge in [-0.3, -0.25) is 0 Å². The molecule has 1 aromatic rings. The van der Waals surface area contributed by atoms with E-state index in [-0.39, 0.29) is 6.10 Å². The Labute approximate surface area is 102 Å². The molecule has 1 aliphatic heterocycles. The van der Waals surface area contributed by atoms with Gasteiger partial charge in [-0.25, -0.2) is 0 Å². The summed E-state index contributed by atoms with van der Waals surface area (Å²) in [5.74, 6) is 1.41. The highest BCUT2D eigenvalue weighted by Gasteiger charge is 2.18. The molecule has 0 bridgehead atoms. The Morgan fingerprint density at radius 3 is 2.53 bits per heavy atom. The number of aliphatic hydroxyl groups is 1. The van der Waals surface area contributed by atoms with Crippen LogP contribution in [0.3, 0.4) is 0 Å². The molecule has 0 radical (unpaired) electrons. The molecular weight excluding hydrogens is 216 g/mol. The van der Waals surface area contributed by atoms with E-state index in [1.165, 1.54) is 0 Å². The van der Waals surface area contributed by atoms with E-state index in [1.807, 2.05) is 24.3 Å². The molecule has 0 aliphatic carbocycles. The SMILES string of the molecule is COc1ccc(C(O)CC2CCOCC2)cc1. The van der Waals surface area contributed by atoms with Crippen molar-refractivity contribution in [1.82, 2.24) is 0 Å². The minimum atomic E-state index is -0.371. The molecule has 1 aromatic carbocycles. The second-order valence-electron chi connectivity index (χ2n) is 4.58. The van der Waals surface area contributed by atoms with Crippen LogP contribution in [0.4, 0.5) is 0 Å². The van der Waals surface area contributed by atoms with Crippen molar-refractivity contribution >= 4 is 0 Å². The lowest BCUT2D eigenvalue weighted by molar-refractivity contribution is 0.0435. The monoisotopic (exact) mass is 236 g/mol. The van der Waals surface area contributed by atoms with Crippen molar-refractivity contribution in [2.75, 3.05) is 20.3 Å². The van der Waals surface area contributed by atoms with E-state index in [4.69, 9.17) is 9.47 Å². The zero-order valence-electron chi connectivity index (χ0n) is 10.3. The predicted molar refractivity (Wildman–Crippen MR) is 66.1 cm³/mol. The number of ether oxygens (including phenoxy) is 2. The summed E-state index contributed by atoms with van der Waals surface area (Å²) < 4.78 is 10.4. The van der Waals surface area contributed by atoms with Crippen molar-refractivity contribution in [3.63, 3.8) is 0 Å². The topological polar surface area (TPSA) is 38.7 Å². The quantitative estimate of drug-likeness (QED) is 0.873. The lowest BCUT2D eigenvalue weighted by atomic mass is 9.91. The van der Waals surface area contributed by atoms with Crippen LogP contribution in [0.5, 0.6) is 5.75 Å². The van der Waals surface area contributed by atoms with Gasteiger partial charge in [0.05, 0.1) is 13.2 Å². The van der Waals surface area contributed by atoms with Crippen LogP contribution >= 0.6 is 0 Å². The fraction of sp³-hybridized carbons (Fsp3) is 0.571. The molecule has 0 amide bonds. The molecule has 94 valence electrons. The zero-order valence-corrected chi connectivity index (χ0v) is 10.3. The highest BCUT2D eigenvalue weighted by Crippen LogP contribution is 2.28. The average Bonchev–Trinajstić information content (AvgIpc) is 2.40. The summed E-state index contributed by atoms with van der Waals surface area (Å²) in [5.41, 5.74) is 0.970. The van der Waals surface area contributed by atoms with Crippen LogP contribution in [-0.4, -0.2) is 25.4 Å². The minimum absolute atomic E-state index is 0.371. The Morgan fingerprint density at radius 1 is 1.29 bits per heavy atom. The van der Waals surface area contributed by atoms with Crippen LogP contribution in [0.25, 0.3) is 0 Å². The van der Waals surface area contributed by atoms with E-state index in [9.17, 15) is 5.11 Å². The Balaban J connectivity index is 1.91. The molecule has 1 atom stereocenters. The molecule has 0 aromatic heterocycles. The third-order valence-corrected chi connectivity index (χ3v) is 3.40. The van der Waals surface area contributed by atoms with Crippen molar-refractivity contribution in [2.24, 2.45) is 5.92 Å². The maximum absolute atomic E-state index is 10.2. The molecule has 1 aliphatic rings. The smallest absolute Gasteiger partial charge is 0.118 e. The van der Waals surface area contributed by atoms with Gasteiger partial charge in [-0.2, -0.15) is 0 Å². The van der Waals surface area contributed by atoms with Crippen LogP contribution in [0.1, 0.15) is 30.9 Å². The van der Waals surface area contributed by atoms with Crippen molar-refractivity contribution in [3.8, 4) is 5.75 Å². The summed E-state index contributed by atoms with van der Waals surface area (Å²) in [4.78, 5) is 0. The Bertz CT molecular complexity index is 328. The number of aliphatic hydroxyl groups excluding tert-OH is 1. The van der Waals surface area contributed by atoms with E-state index in [0.29, 0.717) is 5.92 Å². The summed E-state index contributed by atoms with van der Waals surface area (Å²) in [6.07, 6.45) is 2.58. The van der Waals surface area contributed by atoms with E-state index in [0.717, 1.165) is 43.8 Å². The third-order valence-electron chi connectivity index (χ3n) is 3.40. The highest BCUT2D eigenvalue weighted by molar-refractivity contribution is 5.28. The number of benzene rings is 1. The first-order valence-corrected chi connectivity index (χ1v) is 6.19. The van der Waals surface area contributed by atoms with Gasteiger partial charge in [0.15, 0.2) is 0 Å². The molecule has 1 saturated heterocycles. The summed E-state index contributed by atoms with van der Waals surface area (Å²) in [6.45, 7) is 1.67. The molecule has 1 N–H and O–H groups in total. The normalized spacial score (nSPS) is 18.9. The van der Waals surface area contributed by atoms with Gasteiger partial charge in [0.25, 0.3) is 0 Å². The maximum atomic E-state index is 10.2. The van der Waals surface area contributed by atoms with Crippen LogP contribution in [0.2, 0.25) is 0 Å². The average molecular weight is 236 g/mol. The highest BCUT2D eigenvalue weighted by atomic mass is 16.5. The van der Waals surface area contributed by atoms with Crippen molar-refractivity contribution in [2.45, 2.75) is 25.4 Å². The molecule has 2 rings (SSSR count). The second kappa shape index (κ2) is 6.03. The number of methoxy groups -OCH3 is 1. The fourth-order valence-electron chi connectivity index (χ4n) is 2.26. The van der Waals surface area contributed by atoms with Gasteiger partial charge >= 0.3 is 0 Å². The fourth-order valence-corrected chi connectivity index (χ4v) is 2.26. The molecule has 3 heteroatoms. The van der Waals surface area contributed by atoms with Gasteiger partial charge in [-0.15, -0.1) is 0 Å². The molecule has 17 heavy (non-hydrogen) atoms. The Kier molecular flexibility index (Phi) is 4.40. The zero-order chi connectivity index (χ0) is 12.1. The van der Waals surface area contributed by atoms with Gasteiger partial charge in [-0.1, -0.05) is 12.1 Å². The van der Waals surface area contributed by atoms with Crippen LogP contribution in [0, 0.1) is 5.92 Å². The summed E-state index contributed by atoms with van der Waals surface area (Å²) >= 11 is 0. The number of hydrogen-bond acceptors (Lipinski definition) is 3. The van der Waals surface area contributed by atoms with Gasteiger partial charge in [0.2, 0.25) is 0 Å². The van der Waals surface area contributed by atoms with E-state index >= 15 is 0 Å². The van der Waals surface area contributed by atoms with Crippen LogP contribution in [0.15, 0.2) is 24.3 Å². The first kappa shape index (κ1) is 12.4. The largest absolute Gasteiger partial charge is 0.497 e. The van der Waals surface area contributed by atoms with Crippen molar-refractivity contribution in [3.05, 3.63) is 29.8 Å². The maximum Gasteiger partial charge on any atom is 0.118 e.